The fourth-order valence-corrected chi connectivity index (χ4v) is 2.18. The van der Waals surface area contributed by atoms with Gasteiger partial charge in [-0.25, -0.2) is 0 Å². The fraction of sp³-hybridized carbons (Fsp3) is 0.667. The minimum absolute atomic E-state index is 0.414. The van der Waals surface area contributed by atoms with Gasteiger partial charge in [-0.15, -0.1) is 0 Å². The van der Waals surface area contributed by atoms with Crippen LogP contribution >= 0.6 is 12.2 Å². The topological polar surface area (TPSA) is 63.4 Å². The lowest BCUT2D eigenvalue weighted by Gasteiger charge is -2.24. The van der Waals surface area contributed by atoms with E-state index in [-0.39, 0.29) is 0 Å². The summed E-state index contributed by atoms with van der Waals surface area (Å²) in [6.45, 7) is -0.788. The molecule has 0 aromatic carbocycles. The van der Waals surface area contributed by atoms with Gasteiger partial charge in [0.25, 0.3) is 0 Å². The summed E-state index contributed by atoms with van der Waals surface area (Å²) in [5, 5.41) is 0. The molecule has 17 heavy (non-hydrogen) atoms. The molecule has 2 N–H and O–H groups in total. The van der Waals surface area contributed by atoms with E-state index < -0.39 is 47.3 Å². The van der Waals surface area contributed by atoms with Crippen molar-refractivity contribution in [1.82, 2.24) is 4.90 Å². The van der Waals surface area contributed by atoms with E-state index in [2.05, 4.69) is 12.2 Å². The first-order valence-electron chi connectivity index (χ1n) is 4.94. The predicted octanol–water partition coefficient (Wildman–Crippen LogP) is 0.456. The highest BCUT2D eigenvalue weighted by atomic mass is 32.1. The number of nitrogens with zero attached hydrogens (tertiary/aromatic N) is 1. The van der Waals surface area contributed by atoms with Gasteiger partial charge in [-0.05, 0) is 6.42 Å². The van der Waals surface area contributed by atoms with Crippen molar-refractivity contribution in [3.05, 3.63) is 0 Å². The van der Waals surface area contributed by atoms with Crippen molar-refractivity contribution in [3.63, 3.8) is 0 Å². The van der Waals surface area contributed by atoms with E-state index in [0.717, 1.165) is 0 Å². The summed E-state index contributed by atoms with van der Waals surface area (Å²) in [6, 6.07) is 0. The molecule has 1 saturated carbocycles. The second kappa shape index (κ2) is 3.66. The Morgan fingerprint density at radius 2 is 1.88 bits per heavy atom. The Kier molecular flexibility index (Phi) is 2.64. The molecule has 1 heterocycles. The lowest BCUT2D eigenvalue weighted by atomic mass is 10.1. The Hall–Kier alpha value is -1.18. The number of piperidine rings is 1. The maximum atomic E-state index is 12.6. The van der Waals surface area contributed by atoms with E-state index in [1.54, 1.807) is 0 Å². The molecule has 94 valence electrons. The van der Waals surface area contributed by atoms with Crippen molar-refractivity contribution in [2.45, 2.75) is 12.6 Å². The summed E-state index contributed by atoms with van der Waals surface area (Å²) in [7, 11) is 0. The maximum absolute atomic E-state index is 12.6. The van der Waals surface area contributed by atoms with Crippen LogP contribution in [0.25, 0.3) is 0 Å². The number of thiocarbonyl (C=S) groups is 1. The number of nitrogens with two attached hydrogens (primary N) is 1. The van der Waals surface area contributed by atoms with E-state index >= 15 is 0 Å². The molecule has 0 radical (unpaired) electrons. The van der Waals surface area contributed by atoms with Gasteiger partial charge in [0, 0.05) is 6.54 Å². The number of rotatable bonds is 3. The van der Waals surface area contributed by atoms with Gasteiger partial charge in [-0.2, -0.15) is 13.2 Å². The third kappa shape index (κ3) is 2.01. The molecule has 8 heteroatoms. The van der Waals surface area contributed by atoms with Crippen LogP contribution in [0.4, 0.5) is 13.2 Å². The van der Waals surface area contributed by atoms with Crippen molar-refractivity contribution in [3.8, 4) is 0 Å². The average molecular weight is 266 g/mol. The van der Waals surface area contributed by atoms with Gasteiger partial charge in [-0.1, -0.05) is 12.2 Å². The van der Waals surface area contributed by atoms with Gasteiger partial charge in [0.1, 0.15) is 5.92 Å². The summed E-state index contributed by atoms with van der Waals surface area (Å²) in [4.78, 5) is 22.9. The van der Waals surface area contributed by atoms with Crippen molar-refractivity contribution in [2.75, 3.05) is 6.54 Å². The zero-order valence-corrected chi connectivity index (χ0v) is 9.35. The first-order valence-corrected chi connectivity index (χ1v) is 5.35. The number of fused-ring (bicyclic) bond motifs is 1. The molecule has 0 bridgehead atoms. The standard InChI is InChI=1S/C9H9F3N2O2S/c10-9(11,12)5(6(13)17)2-14-7(15)3-1-4(3)8(14)16/h3-5H,1-2H2,(H2,13,17). The summed E-state index contributed by atoms with van der Waals surface area (Å²) in [5.41, 5.74) is 5.00. The Morgan fingerprint density at radius 3 is 2.24 bits per heavy atom. The first-order chi connectivity index (χ1) is 7.73. The van der Waals surface area contributed by atoms with Gasteiger partial charge in [0.2, 0.25) is 11.8 Å². The van der Waals surface area contributed by atoms with Crippen LogP contribution in [0, 0.1) is 17.8 Å². The maximum Gasteiger partial charge on any atom is 0.399 e. The fourth-order valence-electron chi connectivity index (χ4n) is 1.97. The van der Waals surface area contributed by atoms with Gasteiger partial charge in [-0.3, -0.25) is 14.5 Å². The molecular weight excluding hydrogens is 257 g/mol. The zero-order valence-electron chi connectivity index (χ0n) is 8.53. The molecular formula is C9H9F3N2O2S. The second-order valence-electron chi connectivity index (χ2n) is 4.23. The Balaban J connectivity index is 2.12. The van der Waals surface area contributed by atoms with Crippen LogP contribution in [0.3, 0.4) is 0 Å². The number of carbonyl (C=O) groups excluding carboxylic acids is 2. The third-order valence-corrected chi connectivity index (χ3v) is 3.35. The molecule has 4 nitrogen and oxygen atoms in total. The highest BCUT2D eigenvalue weighted by molar-refractivity contribution is 7.80. The van der Waals surface area contributed by atoms with Crippen LogP contribution in [-0.2, 0) is 9.59 Å². The molecule has 2 aliphatic rings. The highest BCUT2D eigenvalue weighted by Crippen LogP contribution is 2.47. The Bertz CT molecular complexity index is 390. The SMILES string of the molecule is NC(=S)C(CN1C(=O)C2CC2C1=O)C(F)(F)F. The molecule has 3 unspecified atom stereocenters. The molecule has 2 rings (SSSR count). The first kappa shape index (κ1) is 12.3. The van der Waals surface area contributed by atoms with E-state index in [4.69, 9.17) is 5.73 Å². The van der Waals surface area contributed by atoms with Crippen LogP contribution in [0.1, 0.15) is 6.42 Å². The Labute approximate surface area is 99.9 Å². The van der Waals surface area contributed by atoms with Crippen molar-refractivity contribution >= 4 is 29.0 Å². The molecule has 1 aliphatic carbocycles. The summed E-state index contributed by atoms with van der Waals surface area (Å²) >= 11 is 4.33. The predicted molar refractivity (Wildman–Crippen MR) is 54.6 cm³/mol. The largest absolute Gasteiger partial charge is 0.399 e. The molecule has 3 atom stereocenters. The number of hydrogen-bond donors (Lipinski definition) is 1. The van der Waals surface area contributed by atoms with Crippen LogP contribution in [0.2, 0.25) is 0 Å². The van der Waals surface area contributed by atoms with E-state index in [9.17, 15) is 22.8 Å². The zero-order chi connectivity index (χ0) is 13.0. The number of carbonyl (C=O) groups is 2. The van der Waals surface area contributed by atoms with Crippen LogP contribution < -0.4 is 5.73 Å². The molecule has 1 saturated heterocycles. The van der Waals surface area contributed by atoms with E-state index in [1.165, 1.54) is 0 Å². The summed E-state index contributed by atoms with van der Waals surface area (Å²) in [5.74, 6) is -4.02. The average Bonchev–Trinajstić information content (AvgIpc) is 2.89. The monoisotopic (exact) mass is 266 g/mol. The van der Waals surface area contributed by atoms with Gasteiger partial charge in [0.15, 0.2) is 0 Å². The van der Waals surface area contributed by atoms with Crippen molar-refractivity contribution in [2.24, 2.45) is 23.5 Å². The van der Waals surface area contributed by atoms with Gasteiger partial charge >= 0.3 is 6.18 Å². The quantitative estimate of drug-likeness (QED) is 0.595. The van der Waals surface area contributed by atoms with E-state index in [0.29, 0.717) is 11.3 Å². The minimum atomic E-state index is -4.64. The van der Waals surface area contributed by atoms with Gasteiger partial charge < -0.3 is 5.73 Å². The minimum Gasteiger partial charge on any atom is -0.393 e. The van der Waals surface area contributed by atoms with Crippen LogP contribution in [0.15, 0.2) is 0 Å². The molecule has 2 amide bonds. The number of imide groups is 1. The molecule has 0 aromatic heterocycles. The molecule has 2 fully saturated rings. The summed E-state index contributed by atoms with van der Waals surface area (Å²) < 4.78 is 37.7. The lowest BCUT2D eigenvalue weighted by molar-refractivity contribution is -0.164. The third-order valence-electron chi connectivity index (χ3n) is 3.06. The number of hydrogen-bond acceptors (Lipinski definition) is 3. The van der Waals surface area contributed by atoms with Crippen molar-refractivity contribution in [1.29, 1.82) is 0 Å². The number of alkyl halides is 3. The summed E-state index contributed by atoms with van der Waals surface area (Å²) in [6.07, 6.45) is -4.18. The Morgan fingerprint density at radius 1 is 1.41 bits per heavy atom. The van der Waals surface area contributed by atoms with Crippen molar-refractivity contribution < 1.29 is 22.8 Å². The van der Waals surface area contributed by atoms with Crippen LogP contribution in [-0.4, -0.2) is 34.4 Å². The number of amides is 2. The highest BCUT2D eigenvalue weighted by Gasteiger charge is 2.60. The number of likely N-dealkylation sites (tertiary alicyclic amines) is 1. The normalized spacial score (nSPS) is 29.2. The van der Waals surface area contributed by atoms with Gasteiger partial charge in [0.05, 0.1) is 16.8 Å². The van der Waals surface area contributed by atoms with E-state index in [1.807, 2.05) is 0 Å². The second-order valence-corrected chi connectivity index (χ2v) is 4.70. The lowest BCUT2D eigenvalue weighted by Crippen LogP contribution is -2.46. The van der Waals surface area contributed by atoms with Crippen LogP contribution in [0.5, 0.6) is 0 Å². The molecule has 0 aromatic rings. The smallest absolute Gasteiger partial charge is 0.393 e. The molecule has 1 aliphatic heterocycles. The number of halogens is 3. The molecule has 0 spiro atoms.